The first kappa shape index (κ1) is 15.0. The summed E-state index contributed by atoms with van der Waals surface area (Å²) >= 11 is 0. The van der Waals surface area contributed by atoms with E-state index in [1.807, 2.05) is 56.3 Å². The molecule has 0 aliphatic heterocycles. The molecule has 116 valence electrons. The summed E-state index contributed by atoms with van der Waals surface area (Å²) in [6, 6.07) is 17.5. The maximum absolute atomic E-state index is 11.5. The minimum absolute atomic E-state index is 0.198. The standard InChI is InChI=1S/C19H18N2O2/c1-13-8-9-16(14(2)10-13)17-11-18(19(22)23)21(20-17)12-15-6-4-3-5-7-15/h3-11H,12H2,1-2H3,(H,22,23). The monoisotopic (exact) mass is 306 g/mol. The van der Waals surface area contributed by atoms with Gasteiger partial charge in [-0.3, -0.25) is 4.68 Å². The van der Waals surface area contributed by atoms with Crippen LogP contribution < -0.4 is 0 Å². The number of carboxylic acids is 1. The van der Waals surface area contributed by atoms with Crippen LogP contribution in [-0.2, 0) is 6.54 Å². The molecular weight excluding hydrogens is 288 g/mol. The fourth-order valence-electron chi connectivity index (χ4n) is 2.70. The minimum Gasteiger partial charge on any atom is -0.477 e. The van der Waals surface area contributed by atoms with Crippen molar-refractivity contribution in [2.24, 2.45) is 0 Å². The van der Waals surface area contributed by atoms with Crippen LogP contribution in [0.2, 0.25) is 0 Å². The third kappa shape index (κ3) is 3.16. The lowest BCUT2D eigenvalue weighted by Crippen LogP contribution is -2.10. The molecule has 0 unspecified atom stereocenters. The molecule has 0 fully saturated rings. The average Bonchev–Trinajstić information content (AvgIpc) is 2.92. The Morgan fingerprint density at radius 2 is 1.83 bits per heavy atom. The molecule has 1 heterocycles. The Kier molecular flexibility index (Phi) is 3.98. The fourth-order valence-corrected chi connectivity index (χ4v) is 2.70. The lowest BCUT2D eigenvalue weighted by atomic mass is 10.0. The van der Waals surface area contributed by atoms with Gasteiger partial charge in [0, 0.05) is 5.56 Å². The van der Waals surface area contributed by atoms with Crippen molar-refractivity contribution in [2.45, 2.75) is 20.4 Å². The Hall–Kier alpha value is -2.88. The number of rotatable bonds is 4. The van der Waals surface area contributed by atoms with Gasteiger partial charge in [-0.1, -0.05) is 54.1 Å². The summed E-state index contributed by atoms with van der Waals surface area (Å²) in [4.78, 5) is 11.5. The van der Waals surface area contributed by atoms with Gasteiger partial charge < -0.3 is 5.11 Å². The van der Waals surface area contributed by atoms with Crippen molar-refractivity contribution in [1.29, 1.82) is 0 Å². The first-order chi connectivity index (χ1) is 11.0. The number of nitrogens with zero attached hydrogens (tertiary/aromatic N) is 2. The fraction of sp³-hybridized carbons (Fsp3) is 0.158. The van der Waals surface area contributed by atoms with E-state index in [1.54, 1.807) is 10.7 Å². The molecule has 4 heteroatoms. The molecule has 0 amide bonds. The van der Waals surface area contributed by atoms with E-state index in [9.17, 15) is 9.90 Å². The van der Waals surface area contributed by atoms with Crippen LogP contribution in [0, 0.1) is 13.8 Å². The second kappa shape index (κ2) is 6.08. The first-order valence-electron chi connectivity index (χ1n) is 7.47. The zero-order valence-corrected chi connectivity index (χ0v) is 13.2. The summed E-state index contributed by atoms with van der Waals surface area (Å²) in [5.74, 6) is -0.968. The molecule has 2 aromatic carbocycles. The van der Waals surface area contributed by atoms with Crippen LogP contribution in [0.4, 0.5) is 0 Å². The van der Waals surface area contributed by atoms with Crippen LogP contribution in [0.25, 0.3) is 11.3 Å². The van der Waals surface area contributed by atoms with Crippen molar-refractivity contribution in [3.63, 3.8) is 0 Å². The van der Waals surface area contributed by atoms with Gasteiger partial charge in [-0.05, 0) is 31.0 Å². The van der Waals surface area contributed by atoms with Crippen LogP contribution in [0.5, 0.6) is 0 Å². The van der Waals surface area contributed by atoms with Gasteiger partial charge >= 0.3 is 5.97 Å². The molecule has 0 bridgehead atoms. The van der Waals surface area contributed by atoms with Crippen molar-refractivity contribution >= 4 is 5.97 Å². The number of carboxylic acid groups (broad SMARTS) is 1. The van der Waals surface area contributed by atoms with Crippen molar-refractivity contribution < 1.29 is 9.90 Å². The number of aromatic carboxylic acids is 1. The molecule has 3 aromatic rings. The Morgan fingerprint density at radius 1 is 1.09 bits per heavy atom. The Balaban J connectivity index is 2.03. The normalized spacial score (nSPS) is 10.7. The summed E-state index contributed by atoms with van der Waals surface area (Å²) in [6.45, 7) is 4.49. The average molecular weight is 306 g/mol. The highest BCUT2D eigenvalue weighted by Gasteiger charge is 2.16. The van der Waals surface area contributed by atoms with Crippen molar-refractivity contribution in [1.82, 2.24) is 9.78 Å². The minimum atomic E-state index is -0.968. The topological polar surface area (TPSA) is 55.1 Å². The molecule has 0 spiro atoms. The quantitative estimate of drug-likeness (QED) is 0.795. The van der Waals surface area contributed by atoms with Crippen molar-refractivity contribution in [3.05, 3.63) is 77.0 Å². The van der Waals surface area contributed by atoms with E-state index in [2.05, 4.69) is 11.2 Å². The van der Waals surface area contributed by atoms with E-state index in [4.69, 9.17) is 0 Å². The van der Waals surface area contributed by atoms with Crippen molar-refractivity contribution in [2.75, 3.05) is 0 Å². The van der Waals surface area contributed by atoms with Gasteiger partial charge in [-0.15, -0.1) is 0 Å². The van der Waals surface area contributed by atoms with Crippen molar-refractivity contribution in [3.8, 4) is 11.3 Å². The van der Waals surface area contributed by atoms with E-state index < -0.39 is 5.97 Å². The number of hydrogen-bond acceptors (Lipinski definition) is 2. The molecule has 0 aliphatic rings. The summed E-state index contributed by atoms with van der Waals surface area (Å²) in [5.41, 5.74) is 5.13. The van der Waals surface area contributed by atoms with Crippen LogP contribution in [0.3, 0.4) is 0 Å². The predicted octanol–water partition coefficient (Wildman–Crippen LogP) is 3.91. The van der Waals surface area contributed by atoms with Crippen LogP contribution >= 0.6 is 0 Å². The molecule has 0 aliphatic carbocycles. The smallest absolute Gasteiger partial charge is 0.354 e. The highest BCUT2D eigenvalue weighted by Crippen LogP contribution is 2.24. The van der Waals surface area contributed by atoms with E-state index in [-0.39, 0.29) is 5.69 Å². The summed E-state index contributed by atoms with van der Waals surface area (Å²) in [5, 5.41) is 14.0. The highest BCUT2D eigenvalue weighted by atomic mass is 16.4. The molecule has 0 atom stereocenters. The second-order valence-electron chi connectivity index (χ2n) is 5.68. The lowest BCUT2D eigenvalue weighted by molar-refractivity contribution is 0.0684. The summed E-state index contributed by atoms with van der Waals surface area (Å²) in [6.07, 6.45) is 0. The SMILES string of the molecule is Cc1ccc(-c2cc(C(=O)O)n(Cc3ccccc3)n2)c(C)c1. The molecule has 1 N–H and O–H groups in total. The highest BCUT2D eigenvalue weighted by molar-refractivity contribution is 5.87. The third-order valence-corrected chi connectivity index (χ3v) is 3.83. The number of hydrogen-bond donors (Lipinski definition) is 1. The maximum Gasteiger partial charge on any atom is 0.354 e. The van der Waals surface area contributed by atoms with E-state index >= 15 is 0 Å². The molecule has 0 saturated heterocycles. The van der Waals surface area contributed by atoms with Crippen LogP contribution in [0.1, 0.15) is 27.2 Å². The molecule has 0 radical (unpaired) electrons. The Labute approximate surface area is 135 Å². The van der Waals surface area contributed by atoms with Gasteiger partial charge in [0.2, 0.25) is 0 Å². The van der Waals surface area contributed by atoms with E-state index in [0.717, 1.165) is 16.7 Å². The summed E-state index contributed by atoms with van der Waals surface area (Å²) in [7, 11) is 0. The van der Waals surface area contributed by atoms with E-state index in [1.165, 1.54) is 5.56 Å². The van der Waals surface area contributed by atoms with Crippen LogP contribution in [-0.4, -0.2) is 20.9 Å². The van der Waals surface area contributed by atoms with Gasteiger partial charge in [0.1, 0.15) is 5.69 Å². The molecule has 0 saturated carbocycles. The molecule has 23 heavy (non-hydrogen) atoms. The molecular formula is C19H18N2O2. The predicted molar refractivity (Wildman–Crippen MR) is 89.6 cm³/mol. The third-order valence-electron chi connectivity index (χ3n) is 3.83. The Morgan fingerprint density at radius 3 is 2.48 bits per heavy atom. The second-order valence-corrected chi connectivity index (χ2v) is 5.68. The van der Waals surface area contributed by atoms with Gasteiger partial charge in [-0.25, -0.2) is 4.79 Å². The first-order valence-corrected chi connectivity index (χ1v) is 7.47. The van der Waals surface area contributed by atoms with Gasteiger partial charge in [0.15, 0.2) is 0 Å². The largest absolute Gasteiger partial charge is 0.477 e. The number of aryl methyl sites for hydroxylation is 2. The van der Waals surface area contributed by atoms with Gasteiger partial charge in [0.05, 0.1) is 12.2 Å². The lowest BCUT2D eigenvalue weighted by Gasteiger charge is -2.05. The van der Waals surface area contributed by atoms with Gasteiger partial charge in [0.25, 0.3) is 0 Å². The summed E-state index contributed by atoms with van der Waals surface area (Å²) < 4.78 is 1.55. The van der Waals surface area contributed by atoms with Gasteiger partial charge in [-0.2, -0.15) is 5.10 Å². The zero-order chi connectivity index (χ0) is 16.4. The number of benzene rings is 2. The zero-order valence-electron chi connectivity index (χ0n) is 13.2. The molecule has 1 aromatic heterocycles. The number of aromatic nitrogens is 2. The Bertz CT molecular complexity index is 851. The molecule has 4 nitrogen and oxygen atoms in total. The maximum atomic E-state index is 11.5. The van der Waals surface area contributed by atoms with E-state index in [0.29, 0.717) is 12.2 Å². The molecule has 3 rings (SSSR count). The van der Waals surface area contributed by atoms with Crippen LogP contribution in [0.15, 0.2) is 54.6 Å². The number of carbonyl (C=O) groups is 1.